The maximum absolute atomic E-state index is 12.5. The summed E-state index contributed by atoms with van der Waals surface area (Å²) < 4.78 is 11.4. The van der Waals surface area contributed by atoms with Crippen molar-refractivity contribution in [2.75, 3.05) is 25.0 Å². The number of carbonyl (C=O) groups excluding carboxylic acids is 1. The van der Waals surface area contributed by atoms with Crippen molar-refractivity contribution >= 4 is 22.4 Å². The number of aromatic nitrogens is 1. The fraction of sp³-hybridized carbons (Fsp3) is 0.444. The van der Waals surface area contributed by atoms with Gasteiger partial charge in [-0.25, -0.2) is 4.98 Å². The molecule has 7 heteroatoms. The predicted molar refractivity (Wildman–Crippen MR) is 96.4 cm³/mol. The van der Waals surface area contributed by atoms with E-state index in [1.165, 1.54) is 4.88 Å². The van der Waals surface area contributed by atoms with Gasteiger partial charge in [0, 0.05) is 24.4 Å². The van der Waals surface area contributed by atoms with Gasteiger partial charge in [-0.15, -0.1) is 11.3 Å². The van der Waals surface area contributed by atoms with Gasteiger partial charge in [-0.1, -0.05) is 19.1 Å². The Kier molecular flexibility index (Phi) is 4.59. The minimum Gasteiger partial charge on any atom is -0.485 e. The summed E-state index contributed by atoms with van der Waals surface area (Å²) in [5.74, 6) is 1.06. The smallest absolute Gasteiger partial charge is 0.270 e. The summed E-state index contributed by atoms with van der Waals surface area (Å²) in [5, 5.41) is 3.54. The first-order valence-electron chi connectivity index (χ1n) is 8.63. The standard InChI is InChI=1S/C18H21N3O3S/c1-2-8-21-9-7-12-16(10-21)25-18(19-12)20-17(22)15-11-23-13-5-3-4-6-14(13)24-15/h3-6,15H,2,7-11H2,1H3,(H,19,20,22). The number of anilines is 1. The molecule has 3 heterocycles. The molecule has 0 fully saturated rings. The van der Waals surface area contributed by atoms with E-state index in [0.717, 1.165) is 38.2 Å². The lowest BCUT2D eigenvalue weighted by atomic mass is 10.2. The third kappa shape index (κ3) is 3.48. The normalized spacial score (nSPS) is 19.3. The van der Waals surface area contributed by atoms with Crippen molar-refractivity contribution in [1.29, 1.82) is 0 Å². The molecule has 2 aliphatic heterocycles. The quantitative estimate of drug-likeness (QED) is 0.909. The van der Waals surface area contributed by atoms with Crippen LogP contribution in [0.4, 0.5) is 5.13 Å². The Hall–Kier alpha value is -2.12. The van der Waals surface area contributed by atoms with Crippen LogP contribution in [0.25, 0.3) is 0 Å². The number of ether oxygens (including phenoxy) is 2. The van der Waals surface area contributed by atoms with E-state index in [9.17, 15) is 4.79 Å². The SMILES string of the molecule is CCCN1CCc2nc(NC(=O)C3COc4ccccc4O3)sc2C1. The van der Waals surface area contributed by atoms with Gasteiger partial charge in [0.15, 0.2) is 16.6 Å². The molecule has 0 saturated carbocycles. The minimum absolute atomic E-state index is 0.207. The van der Waals surface area contributed by atoms with Gasteiger partial charge in [-0.3, -0.25) is 15.0 Å². The second-order valence-electron chi connectivity index (χ2n) is 6.27. The highest BCUT2D eigenvalue weighted by Gasteiger charge is 2.28. The molecule has 1 aromatic carbocycles. The summed E-state index contributed by atoms with van der Waals surface area (Å²) in [6, 6.07) is 7.38. The maximum Gasteiger partial charge on any atom is 0.270 e. The molecule has 1 amide bonds. The van der Waals surface area contributed by atoms with Crippen molar-refractivity contribution < 1.29 is 14.3 Å². The zero-order valence-electron chi connectivity index (χ0n) is 14.2. The van der Waals surface area contributed by atoms with Crippen LogP contribution in [0.15, 0.2) is 24.3 Å². The first-order valence-corrected chi connectivity index (χ1v) is 9.45. The van der Waals surface area contributed by atoms with E-state index in [0.29, 0.717) is 16.6 Å². The zero-order chi connectivity index (χ0) is 17.2. The number of para-hydroxylation sites is 2. The first kappa shape index (κ1) is 16.4. The molecule has 2 aliphatic rings. The van der Waals surface area contributed by atoms with Crippen LogP contribution in [0.3, 0.4) is 0 Å². The molecule has 132 valence electrons. The molecular formula is C18H21N3O3S. The fourth-order valence-electron chi connectivity index (χ4n) is 3.14. The third-order valence-electron chi connectivity index (χ3n) is 4.38. The number of fused-ring (bicyclic) bond motifs is 2. The highest BCUT2D eigenvalue weighted by atomic mass is 32.1. The van der Waals surface area contributed by atoms with E-state index in [4.69, 9.17) is 9.47 Å². The molecule has 0 aliphatic carbocycles. The van der Waals surface area contributed by atoms with E-state index < -0.39 is 6.10 Å². The van der Waals surface area contributed by atoms with Gasteiger partial charge in [0.1, 0.15) is 6.61 Å². The van der Waals surface area contributed by atoms with Crippen LogP contribution < -0.4 is 14.8 Å². The monoisotopic (exact) mass is 359 g/mol. The van der Waals surface area contributed by atoms with E-state index in [2.05, 4.69) is 22.1 Å². The number of rotatable bonds is 4. The molecule has 1 aromatic heterocycles. The number of hydrogen-bond donors (Lipinski definition) is 1. The average molecular weight is 359 g/mol. The van der Waals surface area contributed by atoms with Crippen LogP contribution in [0.5, 0.6) is 11.5 Å². The predicted octanol–water partition coefficient (Wildman–Crippen LogP) is 2.69. The Morgan fingerprint density at radius 1 is 1.40 bits per heavy atom. The number of nitrogens with one attached hydrogen (secondary N) is 1. The Bertz CT molecular complexity index is 777. The van der Waals surface area contributed by atoms with Crippen molar-refractivity contribution in [3.63, 3.8) is 0 Å². The highest BCUT2D eigenvalue weighted by molar-refractivity contribution is 7.15. The van der Waals surface area contributed by atoms with Gasteiger partial charge in [0.25, 0.3) is 5.91 Å². The van der Waals surface area contributed by atoms with Gasteiger partial charge in [0.2, 0.25) is 6.10 Å². The van der Waals surface area contributed by atoms with Crippen molar-refractivity contribution in [1.82, 2.24) is 9.88 Å². The molecule has 25 heavy (non-hydrogen) atoms. The largest absolute Gasteiger partial charge is 0.485 e. The molecule has 0 bridgehead atoms. The first-order chi connectivity index (χ1) is 12.2. The van der Waals surface area contributed by atoms with Gasteiger partial charge in [0.05, 0.1) is 5.69 Å². The maximum atomic E-state index is 12.5. The van der Waals surface area contributed by atoms with E-state index in [1.54, 1.807) is 17.4 Å². The van der Waals surface area contributed by atoms with Gasteiger partial charge >= 0.3 is 0 Å². The number of carbonyl (C=O) groups is 1. The lowest BCUT2D eigenvalue weighted by molar-refractivity contribution is -0.125. The van der Waals surface area contributed by atoms with Crippen LogP contribution in [-0.4, -0.2) is 41.6 Å². The molecule has 0 radical (unpaired) electrons. The lowest BCUT2D eigenvalue weighted by Gasteiger charge is -2.25. The van der Waals surface area contributed by atoms with E-state index in [1.807, 2.05) is 18.2 Å². The van der Waals surface area contributed by atoms with Gasteiger partial charge in [-0.05, 0) is 25.1 Å². The summed E-state index contributed by atoms with van der Waals surface area (Å²) >= 11 is 1.56. The zero-order valence-corrected chi connectivity index (χ0v) is 15.0. The summed E-state index contributed by atoms with van der Waals surface area (Å²) in [6.45, 7) is 5.46. The molecule has 2 aromatic rings. The summed E-state index contributed by atoms with van der Waals surface area (Å²) in [7, 11) is 0. The minimum atomic E-state index is -0.660. The molecule has 4 rings (SSSR count). The number of benzene rings is 1. The van der Waals surface area contributed by atoms with Crippen LogP contribution in [0.2, 0.25) is 0 Å². The molecule has 1 N–H and O–H groups in total. The number of thiazole rings is 1. The Morgan fingerprint density at radius 3 is 3.08 bits per heavy atom. The third-order valence-corrected chi connectivity index (χ3v) is 5.38. The van der Waals surface area contributed by atoms with Crippen LogP contribution in [0.1, 0.15) is 23.9 Å². The van der Waals surface area contributed by atoms with E-state index in [-0.39, 0.29) is 12.5 Å². The van der Waals surface area contributed by atoms with Crippen molar-refractivity contribution in [3.05, 3.63) is 34.8 Å². The van der Waals surface area contributed by atoms with Crippen molar-refractivity contribution in [2.45, 2.75) is 32.4 Å². The summed E-state index contributed by atoms with van der Waals surface area (Å²) in [5.41, 5.74) is 1.11. The van der Waals surface area contributed by atoms with Crippen LogP contribution >= 0.6 is 11.3 Å². The van der Waals surface area contributed by atoms with Crippen molar-refractivity contribution in [2.24, 2.45) is 0 Å². The van der Waals surface area contributed by atoms with Gasteiger partial charge in [-0.2, -0.15) is 0 Å². The number of hydrogen-bond acceptors (Lipinski definition) is 6. The second-order valence-corrected chi connectivity index (χ2v) is 7.35. The van der Waals surface area contributed by atoms with Gasteiger partial charge < -0.3 is 9.47 Å². The molecule has 6 nitrogen and oxygen atoms in total. The van der Waals surface area contributed by atoms with Crippen molar-refractivity contribution in [3.8, 4) is 11.5 Å². The number of amides is 1. The molecule has 0 saturated heterocycles. The summed E-state index contributed by atoms with van der Waals surface area (Å²) in [4.78, 5) is 20.8. The Labute approximate surface area is 150 Å². The van der Waals surface area contributed by atoms with Crippen LogP contribution in [0, 0.1) is 0 Å². The highest BCUT2D eigenvalue weighted by Crippen LogP contribution is 2.32. The summed E-state index contributed by atoms with van der Waals surface area (Å²) in [6.07, 6.45) is 1.43. The molecule has 1 unspecified atom stereocenters. The second kappa shape index (κ2) is 7.01. The van der Waals surface area contributed by atoms with E-state index >= 15 is 0 Å². The number of nitrogens with zero attached hydrogens (tertiary/aromatic N) is 2. The fourth-order valence-corrected chi connectivity index (χ4v) is 4.20. The molecule has 1 atom stereocenters. The lowest BCUT2D eigenvalue weighted by Crippen LogP contribution is -2.40. The topological polar surface area (TPSA) is 63.7 Å². The van der Waals surface area contributed by atoms with Crippen LogP contribution in [-0.2, 0) is 17.8 Å². The molecular weight excluding hydrogens is 338 g/mol. The molecule has 0 spiro atoms. The Morgan fingerprint density at radius 2 is 2.24 bits per heavy atom. The Balaban J connectivity index is 1.41. The average Bonchev–Trinajstić information content (AvgIpc) is 3.03.